The third-order valence-electron chi connectivity index (χ3n) is 2.83. The highest BCUT2D eigenvalue weighted by Crippen LogP contribution is 2.22. The maximum Gasteiger partial charge on any atom is 0.254 e. The molecule has 0 unspecified atom stereocenters. The molecule has 2 aromatic rings. The lowest BCUT2D eigenvalue weighted by Crippen LogP contribution is -2.16. The van der Waals surface area contributed by atoms with Gasteiger partial charge in [-0.25, -0.2) is 4.98 Å². The largest absolute Gasteiger partial charge is 0.310 e. The Labute approximate surface area is 114 Å². The first kappa shape index (κ1) is 13.0. The Bertz CT molecular complexity index is 615. The van der Waals surface area contributed by atoms with E-state index in [9.17, 15) is 4.79 Å². The van der Waals surface area contributed by atoms with Crippen molar-refractivity contribution in [3.8, 4) is 11.3 Å². The summed E-state index contributed by atoms with van der Waals surface area (Å²) in [6, 6.07) is 7.82. The highest BCUT2D eigenvalue weighted by Gasteiger charge is 2.11. The van der Waals surface area contributed by atoms with Crippen LogP contribution in [-0.2, 0) is 0 Å². The number of aromatic amines is 1. The van der Waals surface area contributed by atoms with Crippen molar-refractivity contribution in [1.82, 2.24) is 9.97 Å². The minimum atomic E-state index is -0.0633. The molecule has 2 rings (SSSR count). The smallest absolute Gasteiger partial charge is 0.254 e. The second-order valence-corrected chi connectivity index (χ2v) is 5.50. The van der Waals surface area contributed by atoms with Gasteiger partial charge in [0.1, 0.15) is 5.82 Å². The first-order valence-electron chi connectivity index (χ1n) is 5.86. The summed E-state index contributed by atoms with van der Waals surface area (Å²) in [6.45, 7) is 5.82. The molecule has 1 aromatic heterocycles. The molecule has 0 saturated carbocycles. The molecule has 1 aromatic carbocycles. The van der Waals surface area contributed by atoms with Crippen molar-refractivity contribution >= 4 is 15.9 Å². The van der Waals surface area contributed by atoms with Gasteiger partial charge in [-0.15, -0.1) is 0 Å². The maximum atomic E-state index is 11.9. The van der Waals surface area contributed by atoms with E-state index < -0.39 is 0 Å². The molecule has 4 heteroatoms. The molecule has 1 heterocycles. The van der Waals surface area contributed by atoms with Crippen molar-refractivity contribution in [1.29, 1.82) is 0 Å². The summed E-state index contributed by atoms with van der Waals surface area (Å²) in [5.74, 6) is 0.927. The number of nitrogens with one attached hydrogen (secondary N) is 1. The molecule has 0 bridgehead atoms. The van der Waals surface area contributed by atoms with Crippen LogP contribution in [0.25, 0.3) is 11.3 Å². The maximum absolute atomic E-state index is 11.9. The normalized spacial score (nSPS) is 10.9. The van der Waals surface area contributed by atoms with E-state index in [1.54, 1.807) is 6.92 Å². The summed E-state index contributed by atoms with van der Waals surface area (Å²) < 4.78 is 1.01. The minimum Gasteiger partial charge on any atom is -0.310 e. The fraction of sp³-hybridized carbons (Fsp3) is 0.286. The molecule has 0 aliphatic rings. The van der Waals surface area contributed by atoms with Gasteiger partial charge >= 0.3 is 0 Å². The Hall–Kier alpha value is -1.42. The average molecular weight is 307 g/mol. The van der Waals surface area contributed by atoms with E-state index in [1.165, 1.54) is 0 Å². The van der Waals surface area contributed by atoms with Gasteiger partial charge in [-0.05, 0) is 19.1 Å². The molecule has 0 saturated heterocycles. The summed E-state index contributed by atoms with van der Waals surface area (Å²) in [5, 5.41) is 0. The monoisotopic (exact) mass is 306 g/mol. The molecule has 1 N–H and O–H groups in total. The van der Waals surface area contributed by atoms with Crippen LogP contribution in [0.3, 0.4) is 0 Å². The molecule has 0 spiro atoms. The molecule has 0 aliphatic heterocycles. The summed E-state index contributed by atoms with van der Waals surface area (Å²) in [6.07, 6.45) is 0. The van der Waals surface area contributed by atoms with Gasteiger partial charge in [0.25, 0.3) is 5.56 Å². The molecule has 0 radical (unpaired) electrons. The second-order valence-electron chi connectivity index (χ2n) is 4.59. The van der Waals surface area contributed by atoms with E-state index in [1.807, 2.05) is 38.1 Å². The SMILES string of the molecule is Cc1c(-c2ccc(Br)cc2)nc(C(C)C)[nH]c1=O. The lowest BCUT2D eigenvalue weighted by molar-refractivity contribution is 0.765. The molecule has 18 heavy (non-hydrogen) atoms. The molecule has 3 nitrogen and oxygen atoms in total. The van der Waals surface area contributed by atoms with Crippen LogP contribution in [0.1, 0.15) is 31.2 Å². The molecule has 0 fully saturated rings. The molecule has 0 atom stereocenters. The van der Waals surface area contributed by atoms with Crippen LogP contribution in [0.15, 0.2) is 33.5 Å². The van der Waals surface area contributed by atoms with Crippen molar-refractivity contribution in [3.05, 3.63) is 50.5 Å². The van der Waals surface area contributed by atoms with Gasteiger partial charge in [0.2, 0.25) is 0 Å². The third kappa shape index (κ3) is 2.53. The van der Waals surface area contributed by atoms with Gasteiger partial charge < -0.3 is 4.98 Å². The van der Waals surface area contributed by atoms with Crippen LogP contribution in [0, 0.1) is 6.92 Å². The molecule has 0 aliphatic carbocycles. The van der Waals surface area contributed by atoms with Crippen molar-refractivity contribution in [2.75, 3.05) is 0 Å². The van der Waals surface area contributed by atoms with Crippen molar-refractivity contribution in [2.45, 2.75) is 26.7 Å². The summed E-state index contributed by atoms with van der Waals surface area (Å²) in [7, 11) is 0. The predicted octanol–water partition coefficient (Wildman–Crippen LogP) is 3.63. The second kappa shape index (κ2) is 5.06. The number of hydrogen-bond donors (Lipinski definition) is 1. The van der Waals surface area contributed by atoms with E-state index in [4.69, 9.17) is 0 Å². The van der Waals surface area contributed by atoms with Gasteiger partial charge in [0.05, 0.1) is 5.69 Å². The molecule has 94 valence electrons. The summed E-state index contributed by atoms with van der Waals surface area (Å²) >= 11 is 3.40. The van der Waals surface area contributed by atoms with Gasteiger partial charge in [0, 0.05) is 21.5 Å². The highest BCUT2D eigenvalue weighted by molar-refractivity contribution is 9.10. The highest BCUT2D eigenvalue weighted by atomic mass is 79.9. The van der Waals surface area contributed by atoms with E-state index in [-0.39, 0.29) is 11.5 Å². The van der Waals surface area contributed by atoms with E-state index in [0.29, 0.717) is 5.56 Å². The van der Waals surface area contributed by atoms with Crippen LogP contribution < -0.4 is 5.56 Å². The van der Waals surface area contributed by atoms with E-state index in [2.05, 4.69) is 25.9 Å². The molecular weight excluding hydrogens is 292 g/mol. The first-order valence-corrected chi connectivity index (χ1v) is 6.65. The van der Waals surface area contributed by atoms with Gasteiger partial charge in [-0.1, -0.05) is 41.9 Å². The average Bonchev–Trinajstić information content (AvgIpc) is 2.33. The zero-order valence-electron chi connectivity index (χ0n) is 10.6. The number of aromatic nitrogens is 2. The summed E-state index contributed by atoms with van der Waals surface area (Å²) in [5.41, 5.74) is 2.31. The minimum absolute atomic E-state index is 0.0633. The molecular formula is C14H15BrN2O. The molecule has 0 amide bonds. The number of benzene rings is 1. The zero-order valence-corrected chi connectivity index (χ0v) is 12.2. The Morgan fingerprint density at radius 2 is 1.83 bits per heavy atom. The Balaban J connectivity index is 2.63. The lowest BCUT2D eigenvalue weighted by Gasteiger charge is -2.10. The van der Waals surface area contributed by atoms with Gasteiger partial charge in [-0.3, -0.25) is 4.79 Å². The van der Waals surface area contributed by atoms with Crippen molar-refractivity contribution in [3.63, 3.8) is 0 Å². The number of H-pyrrole nitrogens is 1. The lowest BCUT2D eigenvalue weighted by atomic mass is 10.1. The number of rotatable bonds is 2. The quantitative estimate of drug-likeness (QED) is 0.921. The standard InChI is InChI=1S/C14H15BrN2O/c1-8(2)13-16-12(9(3)14(18)17-13)10-4-6-11(15)7-5-10/h4-8H,1-3H3,(H,16,17,18). The van der Waals surface area contributed by atoms with Crippen molar-refractivity contribution < 1.29 is 0 Å². The summed E-state index contributed by atoms with van der Waals surface area (Å²) in [4.78, 5) is 19.3. The fourth-order valence-corrected chi connectivity index (χ4v) is 1.98. The van der Waals surface area contributed by atoms with E-state index in [0.717, 1.165) is 21.6 Å². The van der Waals surface area contributed by atoms with Crippen LogP contribution in [0.5, 0.6) is 0 Å². The fourth-order valence-electron chi connectivity index (χ4n) is 1.71. The Morgan fingerprint density at radius 3 is 2.39 bits per heavy atom. The van der Waals surface area contributed by atoms with Crippen LogP contribution in [0.4, 0.5) is 0 Å². The predicted molar refractivity (Wildman–Crippen MR) is 76.8 cm³/mol. The Morgan fingerprint density at radius 1 is 1.22 bits per heavy atom. The first-order chi connectivity index (χ1) is 8.49. The number of hydrogen-bond acceptors (Lipinski definition) is 2. The topological polar surface area (TPSA) is 45.8 Å². The van der Waals surface area contributed by atoms with Crippen molar-refractivity contribution in [2.24, 2.45) is 0 Å². The van der Waals surface area contributed by atoms with Crippen LogP contribution in [-0.4, -0.2) is 9.97 Å². The third-order valence-corrected chi connectivity index (χ3v) is 3.36. The zero-order chi connectivity index (χ0) is 13.3. The van der Waals surface area contributed by atoms with Crippen LogP contribution in [0.2, 0.25) is 0 Å². The van der Waals surface area contributed by atoms with Gasteiger partial charge in [0.15, 0.2) is 0 Å². The number of halogens is 1. The van der Waals surface area contributed by atoms with E-state index >= 15 is 0 Å². The van der Waals surface area contributed by atoms with Crippen LogP contribution >= 0.6 is 15.9 Å². The number of nitrogens with zero attached hydrogens (tertiary/aromatic N) is 1. The Kier molecular flexibility index (Phi) is 3.66. The van der Waals surface area contributed by atoms with Gasteiger partial charge in [-0.2, -0.15) is 0 Å².